The fourth-order valence-corrected chi connectivity index (χ4v) is 2.14. The molecule has 1 aromatic carbocycles. The van der Waals surface area contributed by atoms with Crippen molar-refractivity contribution in [2.75, 3.05) is 6.61 Å². The highest BCUT2D eigenvalue weighted by Gasteiger charge is 2.14. The van der Waals surface area contributed by atoms with Crippen LogP contribution in [-0.2, 0) is 6.54 Å². The van der Waals surface area contributed by atoms with Crippen LogP contribution in [0, 0.1) is 13.8 Å². The first-order valence-corrected chi connectivity index (χ1v) is 7.68. The number of ether oxygens (including phenoxy) is 1. The van der Waals surface area contributed by atoms with E-state index in [0.29, 0.717) is 13.0 Å². The Labute approximate surface area is 129 Å². The van der Waals surface area contributed by atoms with Crippen LogP contribution in [0.1, 0.15) is 57.7 Å². The van der Waals surface area contributed by atoms with E-state index in [0.717, 1.165) is 23.4 Å². The Morgan fingerprint density at radius 2 is 1.57 bits per heavy atom. The summed E-state index contributed by atoms with van der Waals surface area (Å²) in [6.07, 6.45) is 0.624. The Morgan fingerprint density at radius 3 is 2.00 bits per heavy atom. The SMILES string of the molecule is Cc1cc(CNC(C)(C)C)cc(C)c1OCCC(C)(C)O. The topological polar surface area (TPSA) is 41.5 Å². The third kappa shape index (κ3) is 6.96. The van der Waals surface area contributed by atoms with Gasteiger partial charge in [-0.1, -0.05) is 12.1 Å². The van der Waals surface area contributed by atoms with Crippen LogP contribution in [0.5, 0.6) is 5.75 Å². The molecule has 0 saturated carbocycles. The van der Waals surface area contributed by atoms with Crippen molar-refractivity contribution in [2.45, 2.75) is 72.6 Å². The zero-order valence-corrected chi connectivity index (χ0v) is 14.6. The summed E-state index contributed by atoms with van der Waals surface area (Å²) in [5.41, 5.74) is 3.00. The van der Waals surface area contributed by atoms with Crippen molar-refractivity contribution in [3.8, 4) is 5.75 Å². The standard InChI is InChI=1S/C18H31NO2/c1-13-10-15(12-19-17(3,4)5)11-14(2)16(13)21-9-8-18(6,7)20/h10-11,19-20H,8-9,12H2,1-7H3. The molecule has 0 heterocycles. The van der Waals surface area contributed by atoms with Crippen molar-refractivity contribution in [1.29, 1.82) is 0 Å². The predicted octanol–water partition coefficient (Wildman–Crippen LogP) is 3.73. The number of benzene rings is 1. The maximum absolute atomic E-state index is 9.74. The van der Waals surface area contributed by atoms with Crippen LogP contribution in [0.15, 0.2) is 12.1 Å². The van der Waals surface area contributed by atoms with Gasteiger partial charge in [-0.2, -0.15) is 0 Å². The first-order valence-electron chi connectivity index (χ1n) is 7.68. The van der Waals surface area contributed by atoms with Gasteiger partial charge in [0.05, 0.1) is 12.2 Å². The maximum Gasteiger partial charge on any atom is 0.125 e. The molecule has 0 aliphatic rings. The molecular formula is C18H31NO2. The molecule has 0 bridgehead atoms. The quantitative estimate of drug-likeness (QED) is 0.839. The van der Waals surface area contributed by atoms with Gasteiger partial charge >= 0.3 is 0 Å². The lowest BCUT2D eigenvalue weighted by molar-refractivity contribution is 0.0551. The predicted molar refractivity (Wildman–Crippen MR) is 88.9 cm³/mol. The minimum absolute atomic E-state index is 0.115. The summed E-state index contributed by atoms with van der Waals surface area (Å²) < 4.78 is 5.86. The second-order valence-electron chi connectivity index (χ2n) is 7.57. The van der Waals surface area contributed by atoms with Gasteiger partial charge in [0.25, 0.3) is 0 Å². The molecule has 3 heteroatoms. The minimum Gasteiger partial charge on any atom is -0.493 e. The summed E-state index contributed by atoms with van der Waals surface area (Å²) in [6.45, 7) is 15.6. The second kappa shape index (κ2) is 6.80. The molecule has 2 N–H and O–H groups in total. The van der Waals surface area contributed by atoms with Crippen LogP contribution in [0.2, 0.25) is 0 Å². The van der Waals surface area contributed by atoms with E-state index in [1.807, 2.05) is 0 Å². The minimum atomic E-state index is -0.682. The summed E-state index contributed by atoms with van der Waals surface area (Å²) >= 11 is 0. The molecule has 0 aliphatic carbocycles. The smallest absolute Gasteiger partial charge is 0.125 e. The van der Waals surface area contributed by atoms with Gasteiger partial charge in [-0.05, 0) is 65.2 Å². The van der Waals surface area contributed by atoms with Crippen LogP contribution in [0.4, 0.5) is 0 Å². The lowest BCUT2D eigenvalue weighted by atomic mass is 10.0. The zero-order valence-electron chi connectivity index (χ0n) is 14.6. The van der Waals surface area contributed by atoms with Gasteiger partial charge in [-0.25, -0.2) is 0 Å². The van der Waals surface area contributed by atoms with Crippen LogP contribution >= 0.6 is 0 Å². The molecule has 0 saturated heterocycles. The highest BCUT2D eigenvalue weighted by Crippen LogP contribution is 2.25. The average molecular weight is 293 g/mol. The first kappa shape index (κ1) is 18.0. The molecule has 1 aromatic rings. The molecule has 0 atom stereocenters. The van der Waals surface area contributed by atoms with E-state index in [4.69, 9.17) is 4.74 Å². The van der Waals surface area contributed by atoms with Gasteiger partial charge in [0, 0.05) is 18.5 Å². The van der Waals surface area contributed by atoms with Crippen LogP contribution in [0.3, 0.4) is 0 Å². The number of hydrogen-bond acceptors (Lipinski definition) is 3. The van der Waals surface area contributed by atoms with Gasteiger partial charge in [-0.3, -0.25) is 0 Å². The van der Waals surface area contributed by atoms with Gasteiger partial charge in [0.15, 0.2) is 0 Å². The monoisotopic (exact) mass is 293 g/mol. The summed E-state index contributed by atoms with van der Waals surface area (Å²) in [4.78, 5) is 0. The molecular weight excluding hydrogens is 262 g/mol. The molecule has 0 radical (unpaired) electrons. The largest absolute Gasteiger partial charge is 0.493 e. The van der Waals surface area contributed by atoms with Crippen LogP contribution in [-0.4, -0.2) is 22.9 Å². The van der Waals surface area contributed by atoms with Gasteiger partial charge in [-0.15, -0.1) is 0 Å². The average Bonchev–Trinajstić information content (AvgIpc) is 2.28. The van der Waals surface area contributed by atoms with E-state index in [9.17, 15) is 5.11 Å². The molecule has 0 unspecified atom stereocenters. The van der Waals surface area contributed by atoms with E-state index >= 15 is 0 Å². The second-order valence-corrected chi connectivity index (χ2v) is 7.57. The molecule has 0 aromatic heterocycles. The Morgan fingerprint density at radius 1 is 1.05 bits per heavy atom. The van der Waals surface area contributed by atoms with Gasteiger partial charge in [0.2, 0.25) is 0 Å². The third-order valence-corrected chi connectivity index (χ3v) is 3.30. The highest BCUT2D eigenvalue weighted by atomic mass is 16.5. The van der Waals surface area contributed by atoms with Gasteiger partial charge in [0.1, 0.15) is 5.75 Å². The molecule has 0 amide bonds. The summed E-state index contributed by atoms with van der Waals surface area (Å²) in [5, 5.41) is 13.2. The Kier molecular flexibility index (Phi) is 5.83. The van der Waals surface area contributed by atoms with Crippen molar-refractivity contribution in [3.05, 3.63) is 28.8 Å². The summed E-state index contributed by atoms with van der Waals surface area (Å²) in [6, 6.07) is 4.34. The number of hydrogen-bond donors (Lipinski definition) is 2. The highest BCUT2D eigenvalue weighted by molar-refractivity contribution is 5.43. The van der Waals surface area contributed by atoms with E-state index in [1.54, 1.807) is 13.8 Å². The number of nitrogens with one attached hydrogen (secondary N) is 1. The van der Waals surface area contributed by atoms with E-state index < -0.39 is 5.60 Å². The molecule has 21 heavy (non-hydrogen) atoms. The Balaban J connectivity index is 2.71. The summed E-state index contributed by atoms with van der Waals surface area (Å²) in [5.74, 6) is 0.943. The van der Waals surface area contributed by atoms with Crippen molar-refractivity contribution < 1.29 is 9.84 Å². The molecule has 1 rings (SSSR count). The lowest BCUT2D eigenvalue weighted by Crippen LogP contribution is -2.35. The van der Waals surface area contributed by atoms with E-state index in [-0.39, 0.29) is 5.54 Å². The number of rotatable bonds is 6. The number of aryl methyl sites for hydroxylation is 2. The fourth-order valence-electron chi connectivity index (χ4n) is 2.14. The zero-order chi connectivity index (χ0) is 16.3. The number of aliphatic hydroxyl groups is 1. The molecule has 0 fully saturated rings. The van der Waals surface area contributed by atoms with Gasteiger partial charge < -0.3 is 15.2 Å². The molecule has 0 spiro atoms. The molecule has 3 nitrogen and oxygen atoms in total. The van der Waals surface area contributed by atoms with E-state index in [1.165, 1.54) is 5.56 Å². The normalized spacial score (nSPS) is 12.6. The van der Waals surface area contributed by atoms with Crippen LogP contribution in [0.25, 0.3) is 0 Å². The maximum atomic E-state index is 9.74. The summed E-state index contributed by atoms with van der Waals surface area (Å²) in [7, 11) is 0. The van der Waals surface area contributed by atoms with Crippen molar-refractivity contribution in [3.63, 3.8) is 0 Å². The Bertz CT molecular complexity index is 444. The fraction of sp³-hybridized carbons (Fsp3) is 0.667. The van der Waals surface area contributed by atoms with Crippen molar-refractivity contribution >= 4 is 0 Å². The van der Waals surface area contributed by atoms with E-state index in [2.05, 4.69) is 52.1 Å². The Hall–Kier alpha value is -1.06. The third-order valence-electron chi connectivity index (χ3n) is 3.30. The first-order chi connectivity index (χ1) is 9.48. The van der Waals surface area contributed by atoms with Crippen molar-refractivity contribution in [2.24, 2.45) is 0 Å². The molecule has 0 aliphatic heterocycles. The van der Waals surface area contributed by atoms with Crippen LogP contribution < -0.4 is 10.1 Å². The molecule has 120 valence electrons. The van der Waals surface area contributed by atoms with Crippen molar-refractivity contribution in [1.82, 2.24) is 5.32 Å². The lowest BCUT2D eigenvalue weighted by Gasteiger charge is -2.22.